The molecule has 1 aliphatic rings. The number of anilines is 1. The molecule has 2 N–H and O–H groups in total. The SMILES string of the molecule is Cc1noc(CNCc2cccc3c2NCC3)n1. The van der Waals surface area contributed by atoms with Gasteiger partial charge in [-0.1, -0.05) is 23.4 Å². The number of hydrogen-bond donors (Lipinski definition) is 2. The van der Waals surface area contributed by atoms with Gasteiger partial charge in [0.25, 0.3) is 0 Å². The maximum absolute atomic E-state index is 5.06. The summed E-state index contributed by atoms with van der Waals surface area (Å²) in [5.41, 5.74) is 3.98. The maximum Gasteiger partial charge on any atom is 0.240 e. The lowest BCUT2D eigenvalue weighted by atomic mass is 10.1. The Morgan fingerprint density at radius 1 is 1.39 bits per heavy atom. The van der Waals surface area contributed by atoms with Crippen molar-refractivity contribution >= 4 is 5.69 Å². The van der Waals surface area contributed by atoms with E-state index in [0.29, 0.717) is 18.3 Å². The molecule has 0 amide bonds. The molecule has 2 aromatic rings. The predicted molar refractivity (Wildman–Crippen MR) is 68.2 cm³/mol. The van der Waals surface area contributed by atoms with Crippen LogP contribution in [0.25, 0.3) is 0 Å². The second-order valence-corrected chi connectivity index (χ2v) is 4.47. The highest BCUT2D eigenvalue weighted by atomic mass is 16.5. The van der Waals surface area contributed by atoms with Crippen molar-refractivity contribution in [3.8, 4) is 0 Å². The minimum Gasteiger partial charge on any atom is -0.384 e. The third kappa shape index (κ3) is 2.22. The van der Waals surface area contributed by atoms with Crippen LogP contribution in [0.15, 0.2) is 22.7 Å². The molecule has 0 radical (unpaired) electrons. The first-order chi connectivity index (χ1) is 8.83. The summed E-state index contributed by atoms with van der Waals surface area (Å²) >= 11 is 0. The zero-order valence-electron chi connectivity index (χ0n) is 10.4. The monoisotopic (exact) mass is 244 g/mol. The van der Waals surface area contributed by atoms with E-state index >= 15 is 0 Å². The number of benzene rings is 1. The number of para-hydroxylation sites is 1. The first-order valence-electron chi connectivity index (χ1n) is 6.17. The van der Waals surface area contributed by atoms with Crippen molar-refractivity contribution in [1.29, 1.82) is 0 Å². The number of aromatic nitrogens is 2. The van der Waals surface area contributed by atoms with E-state index in [0.717, 1.165) is 19.5 Å². The zero-order valence-corrected chi connectivity index (χ0v) is 10.4. The van der Waals surface area contributed by atoms with E-state index in [1.807, 2.05) is 6.92 Å². The van der Waals surface area contributed by atoms with Gasteiger partial charge in [0.05, 0.1) is 6.54 Å². The molecule has 0 spiro atoms. The summed E-state index contributed by atoms with van der Waals surface area (Å²) in [5.74, 6) is 1.31. The molecular weight excluding hydrogens is 228 g/mol. The average molecular weight is 244 g/mol. The fourth-order valence-electron chi connectivity index (χ4n) is 2.27. The van der Waals surface area contributed by atoms with E-state index in [1.54, 1.807) is 0 Å². The van der Waals surface area contributed by atoms with Gasteiger partial charge in [0.1, 0.15) is 0 Å². The van der Waals surface area contributed by atoms with Crippen LogP contribution in [0.1, 0.15) is 22.8 Å². The van der Waals surface area contributed by atoms with E-state index < -0.39 is 0 Å². The molecule has 0 saturated heterocycles. The fourth-order valence-corrected chi connectivity index (χ4v) is 2.27. The van der Waals surface area contributed by atoms with Crippen molar-refractivity contribution in [2.45, 2.75) is 26.4 Å². The van der Waals surface area contributed by atoms with Crippen molar-refractivity contribution in [1.82, 2.24) is 15.5 Å². The quantitative estimate of drug-likeness (QED) is 0.856. The summed E-state index contributed by atoms with van der Waals surface area (Å²) in [4.78, 5) is 4.16. The van der Waals surface area contributed by atoms with E-state index in [1.165, 1.54) is 16.8 Å². The van der Waals surface area contributed by atoms with Gasteiger partial charge in [-0.2, -0.15) is 4.98 Å². The molecule has 0 aliphatic carbocycles. The van der Waals surface area contributed by atoms with E-state index in [2.05, 4.69) is 39.0 Å². The Hall–Kier alpha value is -1.88. The minimum absolute atomic E-state index is 0.602. The molecule has 5 heteroatoms. The molecule has 1 aliphatic heterocycles. The van der Waals surface area contributed by atoms with Crippen molar-refractivity contribution in [2.24, 2.45) is 0 Å². The Morgan fingerprint density at radius 2 is 2.33 bits per heavy atom. The van der Waals surface area contributed by atoms with Gasteiger partial charge in [-0.15, -0.1) is 0 Å². The standard InChI is InChI=1S/C13H16N4O/c1-9-16-12(18-17-9)8-14-7-11-4-2-3-10-5-6-15-13(10)11/h2-4,14-15H,5-8H2,1H3. The number of hydrogen-bond acceptors (Lipinski definition) is 5. The molecule has 0 atom stereocenters. The number of rotatable bonds is 4. The lowest BCUT2D eigenvalue weighted by molar-refractivity contribution is 0.364. The Bertz CT molecular complexity index is 550. The van der Waals surface area contributed by atoms with Crippen LogP contribution in [0.2, 0.25) is 0 Å². The second kappa shape index (κ2) is 4.78. The lowest BCUT2D eigenvalue weighted by Crippen LogP contribution is -2.14. The number of nitrogens with one attached hydrogen (secondary N) is 2. The van der Waals surface area contributed by atoms with Gasteiger partial charge in [-0.05, 0) is 24.5 Å². The van der Waals surface area contributed by atoms with Crippen molar-refractivity contribution in [2.75, 3.05) is 11.9 Å². The van der Waals surface area contributed by atoms with Crippen LogP contribution in [0.4, 0.5) is 5.69 Å². The highest BCUT2D eigenvalue weighted by Crippen LogP contribution is 2.26. The molecule has 94 valence electrons. The molecule has 0 fully saturated rings. The molecule has 0 bridgehead atoms. The van der Waals surface area contributed by atoms with Gasteiger partial charge in [-0.25, -0.2) is 0 Å². The van der Waals surface area contributed by atoms with Crippen LogP contribution in [0.3, 0.4) is 0 Å². The topological polar surface area (TPSA) is 63.0 Å². The molecule has 0 saturated carbocycles. The van der Waals surface area contributed by atoms with E-state index in [-0.39, 0.29) is 0 Å². The third-order valence-corrected chi connectivity index (χ3v) is 3.09. The molecule has 2 heterocycles. The predicted octanol–water partition coefficient (Wildman–Crippen LogP) is 1.64. The molecule has 1 aromatic carbocycles. The van der Waals surface area contributed by atoms with Crippen molar-refractivity contribution in [3.05, 3.63) is 41.0 Å². The van der Waals surface area contributed by atoms with Gasteiger partial charge in [0.15, 0.2) is 5.82 Å². The first-order valence-corrected chi connectivity index (χ1v) is 6.17. The Labute approximate surface area is 106 Å². The summed E-state index contributed by atoms with van der Waals surface area (Å²) in [6, 6.07) is 6.43. The summed E-state index contributed by atoms with van der Waals surface area (Å²) in [7, 11) is 0. The summed E-state index contributed by atoms with van der Waals surface area (Å²) in [6.45, 7) is 4.26. The number of fused-ring (bicyclic) bond motifs is 1. The number of nitrogens with zero attached hydrogens (tertiary/aromatic N) is 2. The minimum atomic E-state index is 0.602. The van der Waals surface area contributed by atoms with Gasteiger partial charge in [0.2, 0.25) is 5.89 Å². The molecular formula is C13H16N4O. The van der Waals surface area contributed by atoms with Crippen LogP contribution in [-0.2, 0) is 19.5 Å². The molecule has 5 nitrogen and oxygen atoms in total. The highest BCUT2D eigenvalue weighted by molar-refractivity contribution is 5.61. The molecule has 18 heavy (non-hydrogen) atoms. The normalized spacial score (nSPS) is 13.4. The van der Waals surface area contributed by atoms with Crippen LogP contribution in [0, 0.1) is 6.92 Å². The lowest BCUT2D eigenvalue weighted by Gasteiger charge is -2.08. The molecule has 0 unspecified atom stereocenters. The van der Waals surface area contributed by atoms with E-state index in [9.17, 15) is 0 Å². The van der Waals surface area contributed by atoms with E-state index in [4.69, 9.17) is 4.52 Å². The van der Waals surface area contributed by atoms with Gasteiger partial charge in [-0.3, -0.25) is 0 Å². The Kier molecular flexibility index (Phi) is 2.98. The summed E-state index contributed by atoms with van der Waals surface area (Å²) in [5, 5.41) is 10.5. The zero-order chi connectivity index (χ0) is 12.4. The molecule has 3 rings (SSSR count). The summed E-state index contributed by atoms with van der Waals surface area (Å²) < 4.78 is 5.06. The number of aryl methyl sites for hydroxylation is 1. The van der Waals surface area contributed by atoms with Crippen LogP contribution >= 0.6 is 0 Å². The maximum atomic E-state index is 5.06. The van der Waals surface area contributed by atoms with Crippen LogP contribution < -0.4 is 10.6 Å². The molecule has 1 aromatic heterocycles. The van der Waals surface area contributed by atoms with Gasteiger partial charge < -0.3 is 15.2 Å². The Balaban J connectivity index is 1.62. The van der Waals surface area contributed by atoms with Crippen molar-refractivity contribution in [3.63, 3.8) is 0 Å². The largest absolute Gasteiger partial charge is 0.384 e. The van der Waals surface area contributed by atoms with Gasteiger partial charge >= 0.3 is 0 Å². The first kappa shape index (κ1) is 11.2. The fraction of sp³-hybridized carbons (Fsp3) is 0.385. The summed E-state index contributed by atoms with van der Waals surface area (Å²) in [6.07, 6.45) is 1.12. The highest BCUT2D eigenvalue weighted by Gasteiger charge is 2.13. The second-order valence-electron chi connectivity index (χ2n) is 4.47. The van der Waals surface area contributed by atoms with Crippen LogP contribution in [0.5, 0.6) is 0 Å². The smallest absolute Gasteiger partial charge is 0.240 e. The van der Waals surface area contributed by atoms with Gasteiger partial charge in [0, 0.05) is 18.8 Å². The average Bonchev–Trinajstić information content (AvgIpc) is 2.98. The Morgan fingerprint density at radius 3 is 3.17 bits per heavy atom. The third-order valence-electron chi connectivity index (χ3n) is 3.09. The van der Waals surface area contributed by atoms with Crippen molar-refractivity contribution < 1.29 is 4.52 Å². The van der Waals surface area contributed by atoms with Crippen LogP contribution in [-0.4, -0.2) is 16.7 Å².